The van der Waals surface area contributed by atoms with Crippen LogP contribution in [0.1, 0.15) is 6.92 Å². The Kier molecular flexibility index (Phi) is 4.60. The van der Waals surface area contributed by atoms with Crippen molar-refractivity contribution in [2.75, 3.05) is 12.4 Å². The number of hydrogen-bond acceptors (Lipinski definition) is 3. The van der Waals surface area contributed by atoms with Gasteiger partial charge in [-0.1, -0.05) is 24.3 Å². The molecule has 2 aromatic carbocycles. The van der Waals surface area contributed by atoms with Gasteiger partial charge < -0.3 is 14.8 Å². The molecule has 1 N–H and O–H groups in total. The number of carbonyl (C=O) groups is 1. The van der Waals surface area contributed by atoms with E-state index in [-0.39, 0.29) is 5.91 Å². The van der Waals surface area contributed by atoms with Gasteiger partial charge in [0.15, 0.2) is 6.10 Å². The monoisotopic (exact) mass is 271 g/mol. The van der Waals surface area contributed by atoms with Crippen LogP contribution in [0.3, 0.4) is 0 Å². The van der Waals surface area contributed by atoms with Crippen LogP contribution in [0, 0.1) is 0 Å². The van der Waals surface area contributed by atoms with Crippen molar-refractivity contribution in [3.05, 3.63) is 54.6 Å². The zero-order valence-corrected chi connectivity index (χ0v) is 11.5. The zero-order valence-electron chi connectivity index (χ0n) is 11.5. The quantitative estimate of drug-likeness (QED) is 0.909. The minimum atomic E-state index is -0.580. The van der Waals surface area contributed by atoms with Crippen molar-refractivity contribution in [2.24, 2.45) is 0 Å². The third-order valence-electron chi connectivity index (χ3n) is 2.76. The van der Waals surface area contributed by atoms with Crippen LogP contribution in [-0.4, -0.2) is 19.1 Å². The average Bonchev–Trinajstić information content (AvgIpc) is 2.48. The summed E-state index contributed by atoms with van der Waals surface area (Å²) in [4.78, 5) is 12.0. The zero-order chi connectivity index (χ0) is 14.4. The van der Waals surface area contributed by atoms with Crippen LogP contribution >= 0.6 is 0 Å². The third kappa shape index (κ3) is 3.75. The molecule has 4 nitrogen and oxygen atoms in total. The summed E-state index contributed by atoms with van der Waals surface area (Å²) in [7, 11) is 1.59. The SMILES string of the molecule is COc1cccc(NC(=O)[C@@H](C)Oc2ccccc2)c1. The van der Waals surface area contributed by atoms with Gasteiger partial charge in [-0.3, -0.25) is 4.79 Å². The van der Waals surface area contributed by atoms with Crippen LogP contribution in [0.5, 0.6) is 11.5 Å². The summed E-state index contributed by atoms with van der Waals surface area (Å²) < 4.78 is 10.7. The first-order chi connectivity index (χ1) is 9.69. The van der Waals surface area contributed by atoms with E-state index < -0.39 is 6.10 Å². The molecule has 0 fully saturated rings. The van der Waals surface area contributed by atoms with Crippen molar-refractivity contribution in [3.8, 4) is 11.5 Å². The molecule has 0 radical (unpaired) electrons. The van der Waals surface area contributed by atoms with Crippen LogP contribution in [-0.2, 0) is 4.79 Å². The molecule has 0 bridgehead atoms. The molecule has 4 heteroatoms. The standard InChI is InChI=1S/C16H17NO3/c1-12(20-14-8-4-3-5-9-14)16(18)17-13-7-6-10-15(11-13)19-2/h3-12H,1-2H3,(H,17,18)/t12-/m1/s1. The number of rotatable bonds is 5. The molecular weight excluding hydrogens is 254 g/mol. The first-order valence-corrected chi connectivity index (χ1v) is 6.35. The second kappa shape index (κ2) is 6.61. The van der Waals surface area contributed by atoms with Gasteiger partial charge in [0, 0.05) is 11.8 Å². The molecule has 0 saturated heterocycles. The molecule has 0 spiro atoms. The Morgan fingerprint density at radius 3 is 2.45 bits per heavy atom. The molecule has 0 saturated carbocycles. The molecule has 0 aliphatic carbocycles. The molecule has 0 aliphatic heterocycles. The van der Waals surface area contributed by atoms with Gasteiger partial charge in [0.1, 0.15) is 11.5 Å². The normalized spacial score (nSPS) is 11.5. The van der Waals surface area contributed by atoms with Crippen LogP contribution in [0.2, 0.25) is 0 Å². The molecule has 1 atom stereocenters. The summed E-state index contributed by atoms with van der Waals surface area (Å²) in [6, 6.07) is 16.4. The maximum atomic E-state index is 12.0. The fourth-order valence-corrected chi connectivity index (χ4v) is 1.70. The number of ether oxygens (including phenoxy) is 2. The Morgan fingerprint density at radius 2 is 1.75 bits per heavy atom. The molecular formula is C16H17NO3. The van der Waals surface area contributed by atoms with E-state index in [0.717, 1.165) is 0 Å². The van der Waals surface area contributed by atoms with Gasteiger partial charge in [-0.05, 0) is 31.2 Å². The van der Waals surface area contributed by atoms with E-state index in [1.165, 1.54) is 0 Å². The van der Waals surface area contributed by atoms with Crippen LogP contribution in [0.4, 0.5) is 5.69 Å². The first kappa shape index (κ1) is 13.9. The number of methoxy groups -OCH3 is 1. The maximum Gasteiger partial charge on any atom is 0.265 e. The van der Waals surface area contributed by atoms with Gasteiger partial charge >= 0.3 is 0 Å². The van der Waals surface area contributed by atoms with E-state index in [1.807, 2.05) is 42.5 Å². The van der Waals surface area contributed by atoms with Gasteiger partial charge in [-0.25, -0.2) is 0 Å². The van der Waals surface area contributed by atoms with Gasteiger partial charge in [-0.15, -0.1) is 0 Å². The van der Waals surface area contributed by atoms with Crippen LogP contribution in [0.25, 0.3) is 0 Å². The number of hydrogen-bond donors (Lipinski definition) is 1. The lowest BCUT2D eigenvalue weighted by Gasteiger charge is -2.15. The summed E-state index contributed by atoms with van der Waals surface area (Å²) in [6.45, 7) is 1.71. The maximum absolute atomic E-state index is 12.0. The minimum absolute atomic E-state index is 0.206. The number of nitrogens with one attached hydrogen (secondary N) is 1. The van der Waals surface area contributed by atoms with Crippen molar-refractivity contribution < 1.29 is 14.3 Å². The largest absolute Gasteiger partial charge is 0.497 e. The average molecular weight is 271 g/mol. The highest BCUT2D eigenvalue weighted by Gasteiger charge is 2.14. The number of benzene rings is 2. The predicted octanol–water partition coefficient (Wildman–Crippen LogP) is 3.10. The van der Waals surface area contributed by atoms with Gasteiger partial charge in [-0.2, -0.15) is 0 Å². The summed E-state index contributed by atoms with van der Waals surface area (Å²) in [6.07, 6.45) is -0.580. The van der Waals surface area contributed by atoms with Gasteiger partial charge in [0.25, 0.3) is 5.91 Å². The first-order valence-electron chi connectivity index (χ1n) is 6.35. The molecule has 0 heterocycles. The molecule has 2 aromatic rings. The van der Waals surface area contributed by atoms with E-state index >= 15 is 0 Å². The predicted molar refractivity (Wildman–Crippen MR) is 78.2 cm³/mol. The van der Waals surface area contributed by atoms with E-state index in [9.17, 15) is 4.79 Å². The smallest absolute Gasteiger partial charge is 0.265 e. The lowest BCUT2D eigenvalue weighted by atomic mass is 10.2. The Labute approximate surface area is 118 Å². The summed E-state index contributed by atoms with van der Waals surface area (Å²) in [5, 5.41) is 2.79. The lowest BCUT2D eigenvalue weighted by Crippen LogP contribution is -2.30. The van der Waals surface area contributed by atoms with E-state index in [4.69, 9.17) is 9.47 Å². The summed E-state index contributed by atoms with van der Waals surface area (Å²) >= 11 is 0. The molecule has 2 rings (SSSR count). The van der Waals surface area contributed by atoms with E-state index in [1.54, 1.807) is 26.2 Å². The number of anilines is 1. The van der Waals surface area contributed by atoms with Crippen molar-refractivity contribution in [3.63, 3.8) is 0 Å². The van der Waals surface area contributed by atoms with Gasteiger partial charge in [0.2, 0.25) is 0 Å². The number of para-hydroxylation sites is 1. The molecule has 20 heavy (non-hydrogen) atoms. The lowest BCUT2D eigenvalue weighted by molar-refractivity contribution is -0.122. The van der Waals surface area contributed by atoms with E-state index in [2.05, 4.69) is 5.32 Å². The van der Waals surface area contributed by atoms with Crippen molar-refractivity contribution in [1.29, 1.82) is 0 Å². The fraction of sp³-hybridized carbons (Fsp3) is 0.188. The molecule has 1 amide bonds. The highest BCUT2D eigenvalue weighted by atomic mass is 16.5. The summed E-state index contributed by atoms with van der Waals surface area (Å²) in [5.41, 5.74) is 0.679. The van der Waals surface area contributed by atoms with Crippen molar-refractivity contribution in [1.82, 2.24) is 0 Å². The molecule has 0 unspecified atom stereocenters. The Hall–Kier alpha value is -2.49. The topological polar surface area (TPSA) is 47.6 Å². The summed E-state index contributed by atoms with van der Waals surface area (Å²) in [5.74, 6) is 1.15. The van der Waals surface area contributed by atoms with Gasteiger partial charge in [0.05, 0.1) is 7.11 Å². The highest BCUT2D eigenvalue weighted by molar-refractivity contribution is 5.94. The molecule has 0 aliphatic rings. The van der Waals surface area contributed by atoms with Crippen LogP contribution in [0.15, 0.2) is 54.6 Å². The van der Waals surface area contributed by atoms with Crippen molar-refractivity contribution >= 4 is 11.6 Å². The Morgan fingerprint density at radius 1 is 1.05 bits per heavy atom. The molecule has 104 valence electrons. The third-order valence-corrected chi connectivity index (χ3v) is 2.76. The second-order valence-electron chi connectivity index (χ2n) is 4.29. The Balaban J connectivity index is 1.97. The van der Waals surface area contributed by atoms with E-state index in [0.29, 0.717) is 17.2 Å². The number of carbonyl (C=O) groups excluding carboxylic acids is 1. The van der Waals surface area contributed by atoms with Crippen LogP contribution < -0.4 is 14.8 Å². The Bertz CT molecular complexity index is 569. The molecule has 0 aromatic heterocycles. The fourth-order valence-electron chi connectivity index (χ4n) is 1.70. The number of amides is 1. The second-order valence-corrected chi connectivity index (χ2v) is 4.29. The van der Waals surface area contributed by atoms with Crippen molar-refractivity contribution in [2.45, 2.75) is 13.0 Å². The minimum Gasteiger partial charge on any atom is -0.497 e. The highest BCUT2D eigenvalue weighted by Crippen LogP contribution is 2.17.